The minimum absolute atomic E-state index is 0.0229. The minimum Gasteiger partial charge on any atom is -0.462 e. The number of hydrogen-bond donors (Lipinski definition) is 0. The molecule has 4 aliphatic rings. The van der Waals surface area contributed by atoms with Crippen molar-refractivity contribution in [3.05, 3.63) is 11.6 Å². The Balaban J connectivity index is 1.51. The van der Waals surface area contributed by atoms with Gasteiger partial charge in [-0.05, 0) is 92.4 Å². The van der Waals surface area contributed by atoms with Crippen molar-refractivity contribution < 1.29 is 14.3 Å². The van der Waals surface area contributed by atoms with Crippen LogP contribution in [-0.4, -0.2) is 17.9 Å². The molecule has 3 heteroatoms. The average molecular weight is 401 g/mol. The molecule has 0 radical (unpaired) electrons. The zero-order valence-electron chi connectivity index (χ0n) is 19.1. The van der Waals surface area contributed by atoms with E-state index in [1.165, 1.54) is 37.7 Å². The van der Waals surface area contributed by atoms with E-state index in [2.05, 4.69) is 34.6 Å². The molecule has 3 saturated carbocycles. The zero-order chi connectivity index (χ0) is 21.0. The van der Waals surface area contributed by atoms with E-state index in [0.717, 1.165) is 37.0 Å². The van der Waals surface area contributed by atoms with Gasteiger partial charge in [-0.1, -0.05) is 33.3 Å². The molecule has 7 atom stereocenters. The average Bonchev–Trinajstić information content (AvgIpc) is 2.99. The van der Waals surface area contributed by atoms with E-state index in [9.17, 15) is 9.59 Å². The maximum absolute atomic E-state index is 12.3. The fourth-order valence-corrected chi connectivity index (χ4v) is 8.04. The first-order valence-corrected chi connectivity index (χ1v) is 12.1. The Kier molecular flexibility index (Phi) is 5.49. The maximum atomic E-state index is 12.3. The quantitative estimate of drug-likeness (QED) is 0.535. The van der Waals surface area contributed by atoms with Crippen molar-refractivity contribution in [1.82, 2.24) is 0 Å². The lowest BCUT2D eigenvalue weighted by molar-refractivity contribution is -0.156. The molecule has 0 saturated heterocycles. The van der Waals surface area contributed by atoms with Gasteiger partial charge in [0.2, 0.25) is 0 Å². The molecule has 3 nitrogen and oxygen atoms in total. The van der Waals surface area contributed by atoms with Gasteiger partial charge in [-0.2, -0.15) is 0 Å². The Morgan fingerprint density at radius 3 is 2.55 bits per heavy atom. The van der Waals surface area contributed by atoms with Gasteiger partial charge >= 0.3 is 5.97 Å². The summed E-state index contributed by atoms with van der Waals surface area (Å²) in [5.74, 6) is 3.40. The van der Waals surface area contributed by atoms with Crippen LogP contribution in [0.1, 0.15) is 92.4 Å². The molecule has 4 aliphatic carbocycles. The number of ketones is 1. The number of esters is 1. The Morgan fingerprint density at radius 2 is 1.83 bits per heavy atom. The van der Waals surface area contributed by atoms with Gasteiger partial charge < -0.3 is 4.74 Å². The third kappa shape index (κ3) is 3.51. The lowest BCUT2D eigenvalue weighted by atomic mass is 9.46. The molecule has 3 fully saturated rings. The monoisotopic (exact) mass is 400 g/mol. The minimum atomic E-state index is -0.0277. The number of allylic oxidation sites excluding steroid dienone is 1. The number of carbonyl (C=O) groups excluding carboxylic acids is 2. The summed E-state index contributed by atoms with van der Waals surface area (Å²) in [6.07, 6.45) is 11.7. The maximum Gasteiger partial charge on any atom is 0.306 e. The normalized spacial score (nSPS) is 42.6. The predicted molar refractivity (Wildman–Crippen MR) is 115 cm³/mol. The molecule has 0 aliphatic heterocycles. The van der Waals surface area contributed by atoms with Crippen LogP contribution in [0.5, 0.6) is 0 Å². The highest BCUT2D eigenvalue weighted by molar-refractivity contribution is 5.91. The third-order valence-electron chi connectivity index (χ3n) is 9.49. The van der Waals surface area contributed by atoms with Gasteiger partial charge in [0.1, 0.15) is 6.10 Å². The summed E-state index contributed by atoms with van der Waals surface area (Å²) in [5.41, 5.74) is 1.98. The molecule has 162 valence electrons. The Hall–Kier alpha value is -1.12. The molecule has 4 rings (SSSR count). The number of hydrogen-bond acceptors (Lipinski definition) is 3. The fourth-order valence-electron chi connectivity index (χ4n) is 8.04. The summed E-state index contributed by atoms with van der Waals surface area (Å²) >= 11 is 0. The molecule has 0 aromatic heterocycles. The molecule has 7 unspecified atom stereocenters. The van der Waals surface area contributed by atoms with E-state index in [4.69, 9.17) is 4.74 Å². The third-order valence-corrected chi connectivity index (χ3v) is 9.49. The Labute approximate surface area is 177 Å². The van der Waals surface area contributed by atoms with E-state index in [1.54, 1.807) is 0 Å². The van der Waals surface area contributed by atoms with Crippen LogP contribution in [0.25, 0.3) is 0 Å². The van der Waals surface area contributed by atoms with Gasteiger partial charge in [-0.15, -0.1) is 0 Å². The van der Waals surface area contributed by atoms with Crippen molar-refractivity contribution in [1.29, 1.82) is 0 Å². The van der Waals surface area contributed by atoms with Crippen LogP contribution >= 0.6 is 0 Å². The van der Waals surface area contributed by atoms with Crippen LogP contribution in [0.15, 0.2) is 11.6 Å². The summed E-state index contributed by atoms with van der Waals surface area (Å²) in [5, 5.41) is 0. The standard InChI is InChI=1S/C26H40O3/c1-16(2)14-24(28)29-17(3)21-8-9-22-20-7-6-18-15-19(27)10-12-25(18,4)23(20)11-13-26(21,22)5/h15-17,20-23H,6-14H2,1-5H3. The molecular weight excluding hydrogens is 360 g/mol. The smallest absolute Gasteiger partial charge is 0.306 e. The highest BCUT2D eigenvalue weighted by Gasteiger charge is 2.59. The van der Waals surface area contributed by atoms with Crippen LogP contribution in [0.2, 0.25) is 0 Å². The summed E-state index contributed by atoms with van der Waals surface area (Å²) in [4.78, 5) is 24.3. The first kappa shape index (κ1) is 21.1. The largest absolute Gasteiger partial charge is 0.462 e. The molecule has 0 bridgehead atoms. The van der Waals surface area contributed by atoms with Crippen LogP contribution < -0.4 is 0 Å². The Morgan fingerprint density at radius 1 is 1.07 bits per heavy atom. The van der Waals surface area contributed by atoms with Crippen molar-refractivity contribution in [2.24, 2.45) is 40.4 Å². The van der Waals surface area contributed by atoms with E-state index < -0.39 is 0 Å². The highest BCUT2D eigenvalue weighted by atomic mass is 16.5. The van der Waals surface area contributed by atoms with Crippen LogP contribution in [-0.2, 0) is 14.3 Å². The van der Waals surface area contributed by atoms with Gasteiger partial charge in [0.05, 0.1) is 0 Å². The molecule has 29 heavy (non-hydrogen) atoms. The van der Waals surface area contributed by atoms with Gasteiger partial charge in [0.25, 0.3) is 0 Å². The van der Waals surface area contributed by atoms with Gasteiger partial charge in [-0.25, -0.2) is 0 Å². The molecule has 0 aromatic rings. The van der Waals surface area contributed by atoms with Crippen molar-refractivity contribution in [3.63, 3.8) is 0 Å². The second-order valence-electron chi connectivity index (χ2n) is 11.5. The van der Waals surface area contributed by atoms with Crippen LogP contribution in [0.4, 0.5) is 0 Å². The van der Waals surface area contributed by atoms with E-state index in [-0.39, 0.29) is 17.5 Å². The number of fused-ring (bicyclic) bond motifs is 5. The van der Waals surface area contributed by atoms with Crippen molar-refractivity contribution in [2.45, 2.75) is 98.5 Å². The Bertz CT molecular complexity index is 707. The summed E-state index contributed by atoms with van der Waals surface area (Å²) in [7, 11) is 0. The molecular formula is C26H40O3. The van der Waals surface area contributed by atoms with Crippen molar-refractivity contribution in [2.75, 3.05) is 0 Å². The SMILES string of the molecule is CC(C)CC(=O)OC(C)C1CCC2C3CCC4=CC(=O)CCC4(C)C3CCC12C. The van der Waals surface area contributed by atoms with Crippen LogP contribution in [0, 0.1) is 40.4 Å². The molecule has 0 spiro atoms. The molecule has 0 N–H and O–H groups in total. The summed E-state index contributed by atoms with van der Waals surface area (Å²) in [6.45, 7) is 11.2. The zero-order valence-corrected chi connectivity index (χ0v) is 19.1. The van der Waals surface area contributed by atoms with E-state index in [1.807, 2.05) is 6.08 Å². The summed E-state index contributed by atoms with van der Waals surface area (Å²) in [6, 6.07) is 0. The summed E-state index contributed by atoms with van der Waals surface area (Å²) < 4.78 is 5.93. The van der Waals surface area contributed by atoms with Gasteiger partial charge in [0, 0.05) is 18.8 Å². The van der Waals surface area contributed by atoms with Gasteiger partial charge in [0.15, 0.2) is 5.78 Å². The predicted octanol–water partition coefficient (Wildman–Crippen LogP) is 6.11. The van der Waals surface area contributed by atoms with Crippen LogP contribution in [0.3, 0.4) is 0 Å². The lowest BCUT2D eigenvalue weighted by Gasteiger charge is -2.58. The fraction of sp³-hybridized carbons (Fsp3) is 0.846. The molecule has 0 heterocycles. The molecule has 0 aromatic carbocycles. The first-order chi connectivity index (χ1) is 13.6. The second kappa shape index (κ2) is 7.54. The lowest BCUT2D eigenvalue weighted by Crippen LogP contribution is -2.51. The topological polar surface area (TPSA) is 43.4 Å². The van der Waals surface area contributed by atoms with E-state index in [0.29, 0.717) is 29.5 Å². The van der Waals surface area contributed by atoms with Gasteiger partial charge in [-0.3, -0.25) is 9.59 Å². The number of rotatable bonds is 4. The van der Waals surface area contributed by atoms with Crippen molar-refractivity contribution in [3.8, 4) is 0 Å². The van der Waals surface area contributed by atoms with E-state index >= 15 is 0 Å². The number of carbonyl (C=O) groups is 2. The van der Waals surface area contributed by atoms with Crippen molar-refractivity contribution >= 4 is 11.8 Å². The number of ether oxygens (including phenoxy) is 1. The highest BCUT2D eigenvalue weighted by Crippen LogP contribution is 2.67. The molecule has 0 amide bonds. The second-order valence-corrected chi connectivity index (χ2v) is 11.5. The first-order valence-electron chi connectivity index (χ1n) is 12.1.